The van der Waals surface area contributed by atoms with Crippen LogP contribution < -0.4 is 4.90 Å². The van der Waals surface area contributed by atoms with Crippen LogP contribution in [0, 0.1) is 0 Å². The van der Waals surface area contributed by atoms with E-state index in [1.807, 2.05) is 11.3 Å². The molecule has 5 heteroatoms. The Kier molecular flexibility index (Phi) is 3.42. The van der Waals surface area contributed by atoms with Crippen molar-refractivity contribution in [2.75, 3.05) is 38.1 Å². The Labute approximate surface area is 124 Å². The zero-order valence-corrected chi connectivity index (χ0v) is 13.5. The normalized spacial score (nSPS) is 17.9. The zero-order valence-electron chi connectivity index (χ0n) is 12.7. The molecular formula is C15H22N4S. The molecule has 0 saturated carbocycles. The van der Waals surface area contributed by atoms with Gasteiger partial charge in [-0.3, -0.25) is 0 Å². The Morgan fingerprint density at radius 2 is 1.80 bits per heavy atom. The Hall–Kier alpha value is -1.20. The third-order valence-electron chi connectivity index (χ3n) is 3.83. The van der Waals surface area contributed by atoms with E-state index in [0.717, 1.165) is 37.5 Å². The van der Waals surface area contributed by atoms with Crippen LogP contribution >= 0.6 is 11.3 Å². The second-order valence-corrected chi connectivity index (χ2v) is 7.61. The zero-order chi connectivity index (χ0) is 14.3. The van der Waals surface area contributed by atoms with Crippen molar-refractivity contribution in [1.29, 1.82) is 0 Å². The Morgan fingerprint density at radius 1 is 1.10 bits per heavy atom. The van der Waals surface area contributed by atoms with E-state index in [-0.39, 0.29) is 5.41 Å². The second kappa shape index (κ2) is 4.97. The summed E-state index contributed by atoms with van der Waals surface area (Å²) in [6, 6.07) is 2.22. The maximum Gasteiger partial charge on any atom is 0.150 e. The Balaban J connectivity index is 2.01. The summed E-state index contributed by atoms with van der Waals surface area (Å²) in [5.41, 5.74) is 1.26. The lowest BCUT2D eigenvalue weighted by Crippen LogP contribution is -2.44. The maximum absolute atomic E-state index is 4.56. The fraction of sp³-hybridized carbons (Fsp3) is 0.600. The Morgan fingerprint density at radius 3 is 2.45 bits per heavy atom. The standard InChI is InChI=1S/C15H22N4S/c1-15(2,3)12-9-11-13(20-12)14(17-10-16-11)19-7-5-18(4)6-8-19/h9-10H,5-8H2,1-4H3. The molecular weight excluding hydrogens is 268 g/mol. The van der Waals surface area contributed by atoms with Crippen molar-refractivity contribution < 1.29 is 0 Å². The lowest BCUT2D eigenvalue weighted by molar-refractivity contribution is 0.312. The minimum Gasteiger partial charge on any atom is -0.353 e. The summed E-state index contributed by atoms with van der Waals surface area (Å²) in [6.07, 6.45) is 1.70. The van der Waals surface area contributed by atoms with E-state index in [4.69, 9.17) is 0 Å². The van der Waals surface area contributed by atoms with Gasteiger partial charge in [0.2, 0.25) is 0 Å². The minimum absolute atomic E-state index is 0.171. The number of rotatable bonds is 1. The summed E-state index contributed by atoms with van der Waals surface area (Å²) in [6.45, 7) is 11.0. The van der Waals surface area contributed by atoms with E-state index in [1.54, 1.807) is 6.33 Å². The van der Waals surface area contributed by atoms with Gasteiger partial charge < -0.3 is 9.80 Å². The average Bonchev–Trinajstić information content (AvgIpc) is 2.83. The summed E-state index contributed by atoms with van der Waals surface area (Å²) < 4.78 is 1.24. The van der Waals surface area contributed by atoms with Gasteiger partial charge in [0, 0.05) is 31.1 Å². The molecule has 0 N–H and O–H groups in total. The molecule has 4 nitrogen and oxygen atoms in total. The molecule has 1 aliphatic rings. The molecule has 20 heavy (non-hydrogen) atoms. The number of hydrogen-bond donors (Lipinski definition) is 0. The number of thiophene rings is 1. The van der Waals surface area contributed by atoms with E-state index in [2.05, 4.69) is 53.7 Å². The molecule has 0 aromatic carbocycles. The van der Waals surface area contributed by atoms with Crippen molar-refractivity contribution in [1.82, 2.24) is 14.9 Å². The van der Waals surface area contributed by atoms with Gasteiger partial charge in [0.05, 0.1) is 10.2 Å². The largest absolute Gasteiger partial charge is 0.353 e. The van der Waals surface area contributed by atoms with Crippen molar-refractivity contribution in [2.24, 2.45) is 0 Å². The van der Waals surface area contributed by atoms with Crippen LogP contribution in [0.1, 0.15) is 25.6 Å². The molecule has 2 aromatic rings. The predicted octanol–water partition coefficient (Wildman–Crippen LogP) is 2.74. The van der Waals surface area contributed by atoms with Crippen LogP contribution in [0.2, 0.25) is 0 Å². The predicted molar refractivity (Wildman–Crippen MR) is 85.8 cm³/mol. The molecule has 108 valence electrons. The van der Waals surface area contributed by atoms with Crippen molar-refractivity contribution in [3.05, 3.63) is 17.3 Å². The number of anilines is 1. The molecule has 0 atom stereocenters. The van der Waals surface area contributed by atoms with Gasteiger partial charge in [-0.2, -0.15) is 0 Å². The van der Waals surface area contributed by atoms with Crippen LogP contribution in [0.5, 0.6) is 0 Å². The Bertz CT molecular complexity index is 606. The third kappa shape index (κ3) is 2.52. The summed E-state index contributed by atoms with van der Waals surface area (Å²) in [4.78, 5) is 15.1. The number of likely N-dealkylation sites (N-methyl/N-ethyl adjacent to an activating group) is 1. The fourth-order valence-corrected chi connectivity index (χ4v) is 3.64. The average molecular weight is 290 g/mol. The van der Waals surface area contributed by atoms with Gasteiger partial charge in [-0.15, -0.1) is 11.3 Å². The molecule has 0 aliphatic carbocycles. The lowest BCUT2D eigenvalue weighted by atomic mass is 9.95. The second-order valence-electron chi connectivity index (χ2n) is 6.56. The molecule has 0 bridgehead atoms. The van der Waals surface area contributed by atoms with E-state index in [1.165, 1.54) is 9.58 Å². The summed E-state index contributed by atoms with van der Waals surface area (Å²) in [5, 5.41) is 0. The molecule has 0 unspecified atom stereocenters. The smallest absolute Gasteiger partial charge is 0.150 e. The minimum atomic E-state index is 0.171. The summed E-state index contributed by atoms with van der Waals surface area (Å²) in [5.74, 6) is 1.11. The quantitative estimate of drug-likeness (QED) is 0.808. The first-order valence-electron chi connectivity index (χ1n) is 7.13. The molecule has 3 rings (SSSR count). The summed E-state index contributed by atoms with van der Waals surface area (Å²) in [7, 11) is 2.18. The summed E-state index contributed by atoms with van der Waals surface area (Å²) >= 11 is 1.85. The van der Waals surface area contributed by atoms with Crippen LogP contribution in [-0.4, -0.2) is 48.1 Å². The number of hydrogen-bond acceptors (Lipinski definition) is 5. The highest BCUT2D eigenvalue weighted by molar-refractivity contribution is 7.19. The number of aromatic nitrogens is 2. The molecule has 1 fully saturated rings. The highest BCUT2D eigenvalue weighted by atomic mass is 32.1. The molecule has 1 saturated heterocycles. The van der Waals surface area contributed by atoms with Gasteiger partial charge in [-0.1, -0.05) is 20.8 Å². The van der Waals surface area contributed by atoms with Gasteiger partial charge >= 0.3 is 0 Å². The third-order valence-corrected chi connectivity index (χ3v) is 5.38. The number of fused-ring (bicyclic) bond motifs is 1. The molecule has 0 amide bonds. The van der Waals surface area contributed by atoms with Crippen LogP contribution in [0.15, 0.2) is 12.4 Å². The first-order valence-corrected chi connectivity index (χ1v) is 7.95. The van der Waals surface area contributed by atoms with Gasteiger partial charge in [0.1, 0.15) is 12.1 Å². The van der Waals surface area contributed by atoms with Crippen molar-refractivity contribution in [2.45, 2.75) is 26.2 Å². The first-order chi connectivity index (χ1) is 9.45. The first kappa shape index (κ1) is 13.8. The molecule has 0 spiro atoms. The van der Waals surface area contributed by atoms with Gasteiger partial charge in [0.25, 0.3) is 0 Å². The van der Waals surface area contributed by atoms with Crippen molar-refractivity contribution >= 4 is 27.4 Å². The van der Waals surface area contributed by atoms with Crippen molar-refractivity contribution in [3.63, 3.8) is 0 Å². The van der Waals surface area contributed by atoms with Crippen molar-refractivity contribution in [3.8, 4) is 0 Å². The van der Waals surface area contributed by atoms with E-state index in [9.17, 15) is 0 Å². The van der Waals surface area contributed by atoms with Gasteiger partial charge in [0.15, 0.2) is 0 Å². The molecule has 1 aliphatic heterocycles. The topological polar surface area (TPSA) is 32.3 Å². The van der Waals surface area contributed by atoms with Crippen LogP contribution in [0.3, 0.4) is 0 Å². The highest BCUT2D eigenvalue weighted by Gasteiger charge is 2.22. The highest BCUT2D eigenvalue weighted by Crippen LogP contribution is 2.37. The molecule has 0 radical (unpaired) electrons. The van der Waals surface area contributed by atoms with Crippen LogP contribution in [0.4, 0.5) is 5.82 Å². The van der Waals surface area contributed by atoms with Crippen LogP contribution in [-0.2, 0) is 5.41 Å². The van der Waals surface area contributed by atoms with Crippen LogP contribution in [0.25, 0.3) is 10.2 Å². The molecule has 2 aromatic heterocycles. The van der Waals surface area contributed by atoms with E-state index >= 15 is 0 Å². The number of nitrogens with zero attached hydrogens (tertiary/aromatic N) is 4. The van der Waals surface area contributed by atoms with E-state index in [0.29, 0.717) is 0 Å². The van der Waals surface area contributed by atoms with Gasteiger partial charge in [-0.25, -0.2) is 9.97 Å². The monoisotopic (exact) mass is 290 g/mol. The molecule has 3 heterocycles. The number of piperazine rings is 1. The van der Waals surface area contributed by atoms with E-state index < -0.39 is 0 Å². The fourth-order valence-electron chi connectivity index (χ4n) is 2.46. The van der Waals surface area contributed by atoms with Gasteiger partial charge in [-0.05, 0) is 18.5 Å². The lowest BCUT2D eigenvalue weighted by Gasteiger charge is -2.33. The SMILES string of the molecule is CN1CCN(c2ncnc3cc(C(C)(C)C)sc23)CC1. The maximum atomic E-state index is 4.56.